The maximum atomic E-state index is 14.0. The lowest BCUT2D eigenvalue weighted by Gasteiger charge is -2.29. The van der Waals surface area contributed by atoms with Crippen LogP contribution in [0.2, 0.25) is 0 Å². The number of carbonyl (C=O) groups excluding carboxylic acids is 2. The molecule has 2 aromatic carbocycles. The minimum Gasteiger partial charge on any atom is -0.354 e. The fourth-order valence-electron chi connectivity index (χ4n) is 2.81. The van der Waals surface area contributed by atoms with Gasteiger partial charge in [-0.2, -0.15) is 0 Å². The molecule has 0 aromatic heterocycles. The van der Waals surface area contributed by atoms with Crippen LogP contribution in [0.4, 0.5) is 4.39 Å². The highest BCUT2D eigenvalue weighted by molar-refractivity contribution is 9.10. The van der Waals surface area contributed by atoms with E-state index in [-0.39, 0.29) is 24.8 Å². The summed E-state index contributed by atoms with van der Waals surface area (Å²) in [7, 11) is 0. The molecule has 0 unspecified atom stereocenters. The predicted molar refractivity (Wildman–Crippen MR) is 112 cm³/mol. The molecule has 0 aliphatic rings. The van der Waals surface area contributed by atoms with Crippen LogP contribution in [0.1, 0.15) is 37.8 Å². The van der Waals surface area contributed by atoms with Crippen molar-refractivity contribution in [3.63, 3.8) is 0 Å². The van der Waals surface area contributed by atoms with Gasteiger partial charge in [-0.25, -0.2) is 4.39 Å². The van der Waals surface area contributed by atoms with Crippen molar-refractivity contribution in [2.24, 2.45) is 0 Å². The lowest BCUT2D eigenvalue weighted by atomic mass is 10.1. The molecule has 28 heavy (non-hydrogen) atoms. The number of unbranched alkanes of at least 4 members (excludes halogenated alkanes) is 1. The Labute approximate surface area is 174 Å². The van der Waals surface area contributed by atoms with Crippen molar-refractivity contribution in [1.82, 2.24) is 10.2 Å². The zero-order valence-electron chi connectivity index (χ0n) is 16.3. The summed E-state index contributed by atoms with van der Waals surface area (Å²) in [6, 6.07) is 13.1. The van der Waals surface area contributed by atoms with Crippen molar-refractivity contribution >= 4 is 27.7 Å². The number of nitrogens with one attached hydrogen (secondary N) is 1. The van der Waals surface area contributed by atoms with E-state index in [2.05, 4.69) is 21.2 Å². The third-order valence-electron chi connectivity index (χ3n) is 4.56. The number of carbonyl (C=O) groups is 2. The highest BCUT2D eigenvalue weighted by Crippen LogP contribution is 2.16. The van der Waals surface area contributed by atoms with E-state index < -0.39 is 11.9 Å². The van der Waals surface area contributed by atoms with Gasteiger partial charge in [-0.1, -0.05) is 59.6 Å². The molecular formula is C22H26BrFN2O2. The standard InChI is InChI=1S/C22H26BrFN2O2/c1-3-4-13-25-22(28)16(2)26(15-17-9-11-19(23)12-10-17)21(27)14-18-7-5-6-8-20(18)24/h5-12,16H,3-4,13-15H2,1-2H3,(H,25,28)/t16-/m0/s1. The molecule has 2 rings (SSSR count). The molecule has 1 atom stereocenters. The molecule has 0 bridgehead atoms. The predicted octanol–water partition coefficient (Wildman–Crippen LogP) is 4.46. The van der Waals surface area contributed by atoms with Gasteiger partial charge in [0, 0.05) is 17.6 Å². The molecule has 1 N–H and O–H groups in total. The molecule has 0 radical (unpaired) electrons. The maximum Gasteiger partial charge on any atom is 0.242 e. The molecule has 2 aromatic rings. The van der Waals surface area contributed by atoms with Crippen LogP contribution in [-0.4, -0.2) is 29.3 Å². The van der Waals surface area contributed by atoms with E-state index >= 15 is 0 Å². The van der Waals surface area contributed by atoms with Gasteiger partial charge in [0.25, 0.3) is 0 Å². The largest absolute Gasteiger partial charge is 0.354 e. The van der Waals surface area contributed by atoms with Gasteiger partial charge >= 0.3 is 0 Å². The third-order valence-corrected chi connectivity index (χ3v) is 5.09. The van der Waals surface area contributed by atoms with Crippen LogP contribution in [0.25, 0.3) is 0 Å². The SMILES string of the molecule is CCCCNC(=O)[C@H](C)N(Cc1ccc(Br)cc1)C(=O)Cc1ccccc1F. The van der Waals surface area contributed by atoms with Crippen LogP contribution < -0.4 is 5.32 Å². The molecule has 150 valence electrons. The van der Waals surface area contributed by atoms with E-state index in [0.29, 0.717) is 12.1 Å². The van der Waals surface area contributed by atoms with Crippen molar-refractivity contribution < 1.29 is 14.0 Å². The van der Waals surface area contributed by atoms with Crippen molar-refractivity contribution in [3.8, 4) is 0 Å². The summed E-state index contributed by atoms with van der Waals surface area (Å²) in [5, 5.41) is 2.87. The number of hydrogen-bond donors (Lipinski definition) is 1. The van der Waals surface area contributed by atoms with Crippen LogP contribution in [0.5, 0.6) is 0 Å². The molecular weight excluding hydrogens is 423 g/mol. The molecule has 4 nitrogen and oxygen atoms in total. The van der Waals surface area contributed by atoms with E-state index in [4.69, 9.17) is 0 Å². The second-order valence-corrected chi connectivity index (χ2v) is 7.65. The normalized spacial score (nSPS) is 11.7. The number of rotatable bonds is 9. The molecule has 6 heteroatoms. The van der Waals surface area contributed by atoms with Gasteiger partial charge in [-0.05, 0) is 42.7 Å². The number of benzene rings is 2. The number of hydrogen-bond acceptors (Lipinski definition) is 2. The summed E-state index contributed by atoms with van der Waals surface area (Å²) >= 11 is 3.39. The topological polar surface area (TPSA) is 49.4 Å². The Hall–Kier alpha value is -2.21. The molecule has 0 saturated carbocycles. The smallest absolute Gasteiger partial charge is 0.242 e. The van der Waals surface area contributed by atoms with Gasteiger partial charge in [-0.3, -0.25) is 9.59 Å². The van der Waals surface area contributed by atoms with Crippen molar-refractivity contribution in [3.05, 3.63) is 69.9 Å². The first-order valence-electron chi connectivity index (χ1n) is 9.47. The van der Waals surface area contributed by atoms with E-state index in [9.17, 15) is 14.0 Å². The molecule has 0 spiro atoms. The van der Waals surface area contributed by atoms with Crippen LogP contribution in [0, 0.1) is 5.82 Å². The van der Waals surface area contributed by atoms with E-state index in [1.165, 1.54) is 11.0 Å². The average molecular weight is 449 g/mol. The second kappa shape index (κ2) is 11.0. The first kappa shape index (κ1) is 22.1. The third kappa shape index (κ3) is 6.44. The first-order valence-corrected chi connectivity index (χ1v) is 10.3. The number of nitrogens with zero attached hydrogens (tertiary/aromatic N) is 1. The molecule has 2 amide bonds. The average Bonchev–Trinajstić information content (AvgIpc) is 2.68. The van der Waals surface area contributed by atoms with E-state index in [1.54, 1.807) is 25.1 Å². The Balaban J connectivity index is 2.18. The first-order chi connectivity index (χ1) is 13.4. The van der Waals surface area contributed by atoms with Gasteiger partial charge in [-0.15, -0.1) is 0 Å². The minimum absolute atomic E-state index is 0.0875. The summed E-state index contributed by atoms with van der Waals surface area (Å²) in [6.07, 6.45) is 1.77. The second-order valence-electron chi connectivity index (χ2n) is 6.74. The summed E-state index contributed by atoms with van der Waals surface area (Å²) in [4.78, 5) is 27.0. The zero-order valence-corrected chi connectivity index (χ0v) is 17.8. The van der Waals surface area contributed by atoms with Crippen LogP contribution >= 0.6 is 15.9 Å². The van der Waals surface area contributed by atoms with Crippen molar-refractivity contribution in [2.75, 3.05) is 6.54 Å². The van der Waals surface area contributed by atoms with E-state index in [0.717, 1.165) is 22.9 Å². The van der Waals surface area contributed by atoms with Crippen molar-refractivity contribution in [1.29, 1.82) is 0 Å². The van der Waals surface area contributed by atoms with Gasteiger partial charge < -0.3 is 10.2 Å². The maximum absolute atomic E-state index is 14.0. The molecule has 0 fully saturated rings. The number of halogens is 2. The highest BCUT2D eigenvalue weighted by Gasteiger charge is 2.26. The monoisotopic (exact) mass is 448 g/mol. The number of amides is 2. The lowest BCUT2D eigenvalue weighted by molar-refractivity contribution is -0.140. The summed E-state index contributed by atoms with van der Waals surface area (Å²) in [5.41, 5.74) is 1.23. The Bertz CT molecular complexity index is 795. The minimum atomic E-state index is -0.653. The Kier molecular flexibility index (Phi) is 8.64. The van der Waals surface area contributed by atoms with Gasteiger partial charge in [0.05, 0.1) is 6.42 Å². The highest BCUT2D eigenvalue weighted by atomic mass is 79.9. The summed E-state index contributed by atoms with van der Waals surface area (Å²) in [5.74, 6) is -0.905. The molecule has 0 aliphatic carbocycles. The van der Waals surface area contributed by atoms with E-state index in [1.807, 2.05) is 31.2 Å². The quantitative estimate of drug-likeness (QED) is 0.575. The van der Waals surface area contributed by atoms with Gasteiger partial charge in [0.2, 0.25) is 11.8 Å². The summed E-state index contributed by atoms with van der Waals surface area (Å²) < 4.78 is 14.9. The van der Waals surface area contributed by atoms with Crippen LogP contribution in [-0.2, 0) is 22.6 Å². The fourth-order valence-corrected chi connectivity index (χ4v) is 3.08. The van der Waals surface area contributed by atoms with Crippen LogP contribution in [0.15, 0.2) is 53.0 Å². The molecule has 0 heterocycles. The zero-order chi connectivity index (χ0) is 20.5. The fraction of sp³-hybridized carbons (Fsp3) is 0.364. The Morgan fingerprint density at radius 2 is 1.82 bits per heavy atom. The molecule has 0 saturated heterocycles. The van der Waals surface area contributed by atoms with Gasteiger partial charge in [0.1, 0.15) is 11.9 Å². The molecule has 0 aliphatic heterocycles. The Morgan fingerprint density at radius 3 is 2.46 bits per heavy atom. The van der Waals surface area contributed by atoms with Crippen LogP contribution in [0.3, 0.4) is 0 Å². The van der Waals surface area contributed by atoms with Gasteiger partial charge in [0.15, 0.2) is 0 Å². The Morgan fingerprint density at radius 1 is 1.14 bits per heavy atom. The van der Waals surface area contributed by atoms with Crippen molar-refractivity contribution in [2.45, 2.75) is 45.7 Å². The lowest BCUT2D eigenvalue weighted by Crippen LogP contribution is -2.48. The summed E-state index contributed by atoms with van der Waals surface area (Å²) in [6.45, 7) is 4.61.